The van der Waals surface area contributed by atoms with E-state index in [-0.39, 0.29) is 72.3 Å². The molecule has 0 aromatic rings. The Morgan fingerprint density at radius 2 is 0.530 bits per heavy atom. The molecule has 66 heavy (non-hydrogen) atoms. The summed E-state index contributed by atoms with van der Waals surface area (Å²) in [5, 5.41) is 16.8. The van der Waals surface area contributed by atoms with Crippen molar-refractivity contribution in [1.29, 1.82) is 0 Å². The molecule has 0 amide bonds. The van der Waals surface area contributed by atoms with Gasteiger partial charge >= 0.3 is 71.1 Å². The summed E-state index contributed by atoms with van der Waals surface area (Å²) in [7, 11) is -9.66. The Morgan fingerprint density at radius 3 is 0.682 bits per heavy atom. The Kier molecular flexibility index (Phi) is 55.9. The molecular weight excluding hydrogens is 911 g/mol. The molecule has 0 saturated carbocycles. The number of esters is 2. The van der Waals surface area contributed by atoms with Crippen LogP contribution in [0.2, 0.25) is 0 Å². The van der Waals surface area contributed by atoms with Crippen LogP contribution in [0.4, 0.5) is 0 Å². The summed E-state index contributed by atoms with van der Waals surface area (Å²) in [5.41, 5.74) is 0. The molecule has 2 N–H and O–H groups in total. The van der Waals surface area contributed by atoms with Gasteiger partial charge in [0.25, 0.3) is 20.2 Å². The van der Waals surface area contributed by atoms with Gasteiger partial charge in [-0.15, -0.1) is 0 Å². The predicted molar refractivity (Wildman–Crippen MR) is 249 cm³/mol. The Morgan fingerprint density at radius 1 is 0.364 bits per heavy atom. The fourth-order valence-electron chi connectivity index (χ4n) is 7.46. The maximum atomic E-state index is 11.7. The first-order valence-electron chi connectivity index (χ1n) is 25.2. The first kappa shape index (κ1) is 72.2. The van der Waals surface area contributed by atoms with Crippen LogP contribution < -0.4 is 69.3 Å². The number of ether oxygens (including phenoxy) is 2. The van der Waals surface area contributed by atoms with E-state index in [4.69, 9.17) is 18.6 Å². The predicted octanol–water partition coefficient (Wildman–Crippen LogP) is 3.94. The minimum atomic E-state index is -4.83. The van der Waals surface area contributed by atoms with E-state index in [0.717, 1.165) is 38.5 Å². The molecule has 2 unspecified atom stereocenters. The average molecular weight is 1000 g/mol. The number of aliphatic carboxylic acids is 2. The molecule has 0 fully saturated rings. The zero-order valence-corrected chi connectivity index (χ0v) is 47.7. The van der Waals surface area contributed by atoms with E-state index in [1.165, 1.54) is 180 Å². The van der Waals surface area contributed by atoms with Gasteiger partial charge in [0.05, 0.1) is 13.2 Å². The molecule has 0 bridgehead atoms. The van der Waals surface area contributed by atoms with Gasteiger partial charge in [0.2, 0.25) is 0 Å². The third-order valence-electron chi connectivity index (χ3n) is 11.4. The molecule has 0 saturated heterocycles. The Hall–Kier alpha value is -0.300. The van der Waals surface area contributed by atoms with E-state index in [0.29, 0.717) is 12.8 Å². The van der Waals surface area contributed by atoms with Crippen molar-refractivity contribution in [2.24, 2.45) is 0 Å². The van der Waals surface area contributed by atoms with Gasteiger partial charge in [-0.05, 0) is 12.8 Å². The van der Waals surface area contributed by atoms with Crippen LogP contribution in [0.25, 0.3) is 0 Å². The Bertz CT molecular complexity index is 1260. The minimum Gasteiger partial charge on any atom is -0.550 e. The zero-order chi connectivity index (χ0) is 48.2. The molecule has 0 radical (unpaired) electrons. The molecule has 0 aliphatic heterocycles. The third kappa shape index (κ3) is 51.5. The summed E-state index contributed by atoms with van der Waals surface area (Å²) < 4.78 is 71.7. The van der Waals surface area contributed by atoms with E-state index in [1.807, 2.05) is 0 Å². The summed E-state index contributed by atoms with van der Waals surface area (Å²) in [6.07, 6.45) is 42.4. The Labute approximate surface area is 445 Å². The first-order chi connectivity index (χ1) is 30.6. The molecule has 0 aromatic heterocycles. The van der Waals surface area contributed by atoms with Crippen molar-refractivity contribution >= 4 is 44.1 Å². The number of carboxylic acid groups (broad SMARTS) is 2. The third-order valence-corrected chi connectivity index (χ3v) is 13.6. The van der Waals surface area contributed by atoms with Crippen molar-refractivity contribution in [3.63, 3.8) is 0 Å². The van der Waals surface area contributed by atoms with Gasteiger partial charge in [0.1, 0.15) is 0 Å². The van der Waals surface area contributed by atoms with E-state index in [9.17, 15) is 46.2 Å². The molecule has 0 heterocycles. The van der Waals surface area contributed by atoms with Crippen molar-refractivity contribution in [2.45, 2.75) is 268 Å². The van der Waals surface area contributed by atoms with Crippen molar-refractivity contribution < 1.29 is 124 Å². The zero-order valence-electron chi connectivity index (χ0n) is 42.0. The van der Waals surface area contributed by atoms with E-state index in [2.05, 4.69) is 13.8 Å². The second-order valence-corrected chi connectivity index (χ2v) is 20.7. The summed E-state index contributed by atoms with van der Waals surface area (Å²) in [6.45, 7) is 4.53. The molecule has 14 nitrogen and oxygen atoms in total. The van der Waals surface area contributed by atoms with E-state index >= 15 is 0 Å². The smallest absolute Gasteiger partial charge is 0.550 e. The number of carboxylic acids is 2. The molecule has 0 aliphatic rings. The molecule has 0 aromatic carbocycles. The van der Waals surface area contributed by atoms with Gasteiger partial charge in [-0.3, -0.25) is 18.7 Å². The molecule has 2 atom stereocenters. The van der Waals surface area contributed by atoms with Gasteiger partial charge in [0.15, 0.2) is 10.5 Å². The van der Waals surface area contributed by atoms with Gasteiger partial charge in [0, 0.05) is 24.8 Å². The van der Waals surface area contributed by atoms with Gasteiger partial charge in [-0.25, -0.2) is 0 Å². The summed E-state index contributed by atoms with van der Waals surface area (Å²) in [6, 6.07) is 0. The maximum absolute atomic E-state index is 11.7. The molecule has 0 spiro atoms. The monoisotopic (exact) mass is 1000 g/mol. The van der Waals surface area contributed by atoms with Crippen LogP contribution in [0, 0.1) is 0 Å². The SMILES string of the molecule is CCCCCCCCCCCCCCCCCCCCOC(=O)C(CC(=O)[O-])S(=O)(=O)O.CCCCCCCCCCCCCCCCCCCCOC(=O)C(CC(=O)[O-])S(=O)(=O)O.[Na+].[Na+]. The van der Waals surface area contributed by atoms with Gasteiger partial charge in [-0.2, -0.15) is 16.8 Å². The van der Waals surface area contributed by atoms with Crippen molar-refractivity contribution in [1.82, 2.24) is 0 Å². The van der Waals surface area contributed by atoms with E-state index in [1.54, 1.807) is 0 Å². The summed E-state index contributed by atoms with van der Waals surface area (Å²) >= 11 is 0. The molecule has 0 rings (SSSR count). The number of carbonyl (C=O) groups excluding carboxylic acids is 4. The topological polar surface area (TPSA) is 242 Å². The average Bonchev–Trinajstić information content (AvgIpc) is 3.22. The number of hydrogen-bond acceptors (Lipinski definition) is 12. The van der Waals surface area contributed by atoms with Crippen LogP contribution in [0.15, 0.2) is 0 Å². The van der Waals surface area contributed by atoms with Crippen LogP contribution in [-0.2, 0) is 48.9 Å². The summed E-state index contributed by atoms with van der Waals surface area (Å²) in [5.74, 6) is -5.97. The molecule has 380 valence electrons. The van der Waals surface area contributed by atoms with Crippen LogP contribution >= 0.6 is 0 Å². The van der Waals surface area contributed by atoms with Gasteiger partial charge in [-0.1, -0.05) is 232 Å². The molecule has 18 heteroatoms. The summed E-state index contributed by atoms with van der Waals surface area (Å²) in [4.78, 5) is 44.3. The fourth-order valence-corrected chi connectivity index (χ4v) is 8.78. The second-order valence-electron chi connectivity index (χ2n) is 17.5. The van der Waals surface area contributed by atoms with E-state index < -0.39 is 67.5 Å². The number of unbranched alkanes of at least 4 members (excludes halogenated alkanes) is 34. The minimum absolute atomic E-state index is 0. The number of carbonyl (C=O) groups is 4. The van der Waals surface area contributed by atoms with Crippen LogP contribution in [0.3, 0.4) is 0 Å². The maximum Gasteiger partial charge on any atom is 1.00 e. The van der Waals surface area contributed by atoms with Crippen LogP contribution in [0.5, 0.6) is 0 Å². The Balaban J connectivity index is -0.000000565. The molecule has 0 aliphatic carbocycles. The number of hydrogen-bond donors (Lipinski definition) is 2. The van der Waals surface area contributed by atoms with Crippen molar-refractivity contribution in [3.8, 4) is 0 Å². The molecular formula is C48H90Na2O14S2. The quantitative estimate of drug-likeness (QED) is 0.0380. The standard InChI is InChI=1S/2C24H46O7S.2Na/c2*1-2-3-4-5-6-7-8-9-10-11-12-13-14-15-16-17-18-19-20-31-24(27)22(21-23(25)26)32(28,29)30;;/h2*22H,2-21H2,1H3,(H,25,26)(H,28,29,30);;/q;;2*+1/p-2. The normalized spacial score (nSPS) is 12.2. The van der Waals surface area contributed by atoms with Gasteiger partial charge < -0.3 is 29.3 Å². The fraction of sp³-hybridized carbons (Fsp3) is 0.917. The van der Waals surface area contributed by atoms with Crippen LogP contribution in [0.1, 0.15) is 258 Å². The first-order valence-corrected chi connectivity index (χ1v) is 28.2. The van der Waals surface area contributed by atoms with Crippen LogP contribution in [-0.4, -0.2) is 73.5 Å². The second kappa shape index (κ2) is 51.1. The van der Waals surface area contributed by atoms with Crippen molar-refractivity contribution in [3.05, 3.63) is 0 Å². The van der Waals surface area contributed by atoms with Crippen molar-refractivity contribution in [2.75, 3.05) is 13.2 Å². The largest absolute Gasteiger partial charge is 1.00 e. The number of rotatable bonds is 46.